The van der Waals surface area contributed by atoms with Gasteiger partial charge in [0.05, 0.1) is 10.6 Å². The summed E-state index contributed by atoms with van der Waals surface area (Å²) in [6.45, 7) is 4.05. The lowest BCUT2D eigenvalue weighted by Crippen LogP contribution is -2.13. The minimum atomic E-state index is -1.42. The molecule has 0 aromatic heterocycles. The van der Waals surface area contributed by atoms with Crippen LogP contribution in [0.3, 0.4) is 0 Å². The van der Waals surface area contributed by atoms with Gasteiger partial charge in [-0.1, -0.05) is 12.1 Å². The lowest BCUT2D eigenvalue weighted by Gasteiger charge is -2.12. The van der Waals surface area contributed by atoms with Crippen LogP contribution in [0.15, 0.2) is 29.2 Å². The van der Waals surface area contributed by atoms with Crippen LogP contribution in [0.2, 0.25) is 0 Å². The van der Waals surface area contributed by atoms with E-state index in [0.29, 0.717) is 10.9 Å². The largest absolute Gasteiger partial charge is 0.382 e. The first kappa shape index (κ1) is 10.2. The standard InChI is InChI=1S/C9H14N2OS/c1-7(2)11-8-5-3-4-6-9(8)13(10)12/h3-7,11H,10H2,1-2H3. The Kier molecular flexibility index (Phi) is 3.45. The quantitative estimate of drug-likeness (QED) is 0.773. The van der Waals surface area contributed by atoms with E-state index in [1.54, 1.807) is 6.07 Å². The number of benzene rings is 1. The topological polar surface area (TPSA) is 55.1 Å². The van der Waals surface area contributed by atoms with Gasteiger partial charge in [-0.15, -0.1) is 0 Å². The summed E-state index contributed by atoms with van der Waals surface area (Å²) in [4.78, 5) is 0.649. The number of anilines is 1. The maximum Gasteiger partial charge on any atom is 0.124 e. The Morgan fingerprint density at radius 2 is 2.00 bits per heavy atom. The summed E-state index contributed by atoms with van der Waals surface area (Å²) < 4.78 is 11.1. The second kappa shape index (κ2) is 4.39. The van der Waals surface area contributed by atoms with Crippen molar-refractivity contribution in [2.24, 2.45) is 5.14 Å². The van der Waals surface area contributed by atoms with Crippen LogP contribution in [0.4, 0.5) is 5.69 Å². The monoisotopic (exact) mass is 198 g/mol. The van der Waals surface area contributed by atoms with Gasteiger partial charge in [-0.3, -0.25) is 0 Å². The molecule has 0 aliphatic carbocycles. The molecule has 13 heavy (non-hydrogen) atoms. The van der Waals surface area contributed by atoms with Crippen LogP contribution in [0.5, 0.6) is 0 Å². The molecule has 1 aromatic carbocycles. The van der Waals surface area contributed by atoms with Crippen LogP contribution in [0, 0.1) is 0 Å². The zero-order valence-corrected chi connectivity index (χ0v) is 8.60. The third-order valence-corrected chi connectivity index (χ3v) is 2.34. The van der Waals surface area contributed by atoms with Crippen LogP contribution in [-0.2, 0) is 11.0 Å². The van der Waals surface area contributed by atoms with Gasteiger partial charge in [0.1, 0.15) is 11.0 Å². The van der Waals surface area contributed by atoms with Gasteiger partial charge in [-0.2, -0.15) is 0 Å². The van der Waals surface area contributed by atoms with Crippen molar-refractivity contribution in [3.8, 4) is 0 Å². The highest BCUT2D eigenvalue weighted by atomic mass is 32.2. The molecule has 4 heteroatoms. The lowest BCUT2D eigenvalue weighted by atomic mass is 10.3. The van der Waals surface area contributed by atoms with Crippen LogP contribution in [0.1, 0.15) is 13.8 Å². The molecule has 0 saturated heterocycles. The van der Waals surface area contributed by atoms with Crippen molar-refractivity contribution >= 4 is 16.7 Å². The molecule has 0 heterocycles. The second-order valence-corrected chi connectivity index (χ2v) is 4.13. The average Bonchev–Trinajstić information content (AvgIpc) is 2.03. The molecule has 1 unspecified atom stereocenters. The predicted octanol–water partition coefficient (Wildman–Crippen LogP) is 1.49. The zero-order chi connectivity index (χ0) is 9.84. The van der Waals surface area contributed by atoms with E-state index in [1.165, 1.54) is 0 Å². The van der Waals surface area contributed by atoms with Gasteiger partial charge in [0, 0.05) is 6.04 Å². The summed E-state index contributed by atoms with van der Waals surface area (Å²) >= 11 is 0. The molecule has 1 aromatic rings. The van der Waals surface area contributed by atoms with E-state index in [-0.39, 0.29) is 0 Å². The number of nitrogens with one attached hydrogen (secondary N) is 1. The molecule has 0 aliphatic heterocycles. The van der Waals surface area contributed by atoms with Crippen LogP contribution < -0.4 is 10.5 Å². The highest BCUT2D eigenvalue weighted by Gasteiger charge is 2.05. The fraction of sp³-hybridized carbons (Fsp3) is 0.333. The minimum Gasteiger partial charge on any atom is -0.382 e. The lowest BCUT2D eigenvalue weighted by molar-refractivity contribution is 0.684. The SMILES string of the molecule is CC(C)Nc1ccccc1S(N)=O. The third-order valence-electron chi connectivity index (χ3n) is 1.55. The third kappa shape index (κ3) is 2.82. The highest BCUT2D eigenvalue weighted by Crippen LogP contribution is 2.17. The average molecular weight is 198 g/mol. The minimum absolute atomic E-state index is 0.310. The Morgan fingerprint density at radius 1 is 1.38 bits per heavy atom. The molecule has 0 spiro atoms. The van der Waals surface area contributed by atoms with E-state index < -0.39 is 11.0 Å². The summed E-state index contributed by atoms with van der Waals surface area (Å²) in [6.07, 6.45) is 0. The Balaban J connectivity index is 2.98. The maximum absolute atomic E-state index is 11.1. The number of hydrogen-bond donors (Lipinski definition) is 2. The summed E-state index contributed by atoms with van der Waals surface area (Å²) in [5.41, 5.74) is 0.846. The first-order chi connectivity index (χ1) is 6.11. The fourth-order valence-electron chi connectivity index (χ4n) is 1.07. The number of hydrogen-bond acceptors (Lipinski definition) is 2. The first-order valence-corrected chi connectivity index (χ1v) is 5.34. The molecule has 3 nitrogen and oxygen atoms in total. The molecule has 3 N–H and O–H groups in total. The predicted molar refractivity (Wildman–Crippen MR) is 55.8 cm³/mol. The van der Waals surface area contributed by atoms with Crippen molar-refractivity contribution in [3.63, 3.8) is 0 Å². The van der Waals surface area contributed by atoms with Crippen molar-refractivity contribution in [1.82, 2.24) is 0 Å². The fourth-order valence-corrected chi connectivity index (χ4v) is 1.63. The smallest absolute Gasteiger partial charge is 0.124 e. The molecule has 0 amide bonds. The molecule has 0 bridgehead atoms. The highest BCUT2D eigenvalue weighted by molar-refractivity contribution is 7.82. The normalized spacial score (nSPS) is 12.9. The van der Waals surface area contributed by atoms with Gasteiger partial charge < -0.3 is 5.32 Å². The van der Waals surface area contributed by atoms with Gasteiger partial charge >= 0.3 is 0 Å². The van der Waals surface area contributed by atoms with Crippen molar-refractivity contribution < 1.29 is 4.21 Å². The van der Waals surface area contributed by atoms with Gasteiger partial charge in [-0.05, 0) is 26.0 Å². The number of nitrogens with two attached hydrogens (primary N) is 1. The van der Waals surface area contributed by atoms with E-state index in [2.05, 4.69) is 5.32 Å². The van der Waals surface area contributed by atoms with E-state index in [4.69, 9.17) is 5.14 Å². The Labute approximate surface area is 80.9 Å². The molecule has 0 fully saturated rings. The van der Waals surface area contributed by atoms with E-state index in [1.807, 2.05) is 32.0 Å². The summed E-state index contributed by atoms with van der Waals surface area (Å²) in [7, 11) is -1.42. The molecule has 0 aliphatic rings. The Morgan fingerprint density at radius 3 is 2.54 bits per heavy atom. The molecule has 0 radical (unpaired) electrons. The van der Waals surface area contributed by atoms with Gasteiger partial charge in [0.25, 0.3) is 0 Å². The van der Waals surface area contributed by atoms with E-state index in [0.717, 1.165) is 5.69 Å². The first-order valence-electron chi connectivity index (χ1n) is 4.13. The number of rotatable bonds is 3. The van der Waals surface area contributed by atoms with Gasteiger partial charge in [-0.25, -0.2) is 9.35 Å². The van der Waals surface area contributed by atoms with Gasteiger partial charge in [0.15, 0.2) is 0 Å². The number of para-hydroxylation sites is 1. The van der Waals surface area contributed by atoms with Crippen LogP contribution in [0.25, 0.3) is 0 Å². The molecule has 0 saturated carbocycles. The molecule has 1 atom stereocenters. The summed E-state index contributed by atoms with van der Waals surface area (Å²) in [6, 6.07) is 7.66. The maximum atomic E-state index is 11.1. The van der Waals surface area contributed by atoms with E-state index in [9.17, 15) is 4.21 Å². The van der Waals surface area contributed by atoms with Crippen LogP contribution >= 0.6 is 0 Å². The van der Waals surface area contributed by atoms with Gasteiger partial charge in [0.2, 0.25) is 0 Å². The Hall–Kier alpha value is -0.870. The van der Waals surface area contributed by atoms with Crippen molar-refractivity contribution in [3.05, 3.63) is 24.3 Å². The van der Waals surface area contributed by atoms with Crippen LogP contribution in [-0.4, -0.2) is 10.3 Å². The summed E-state index contributed by atoms with van der Waals surface area (Å²) in [5.74, 6) is 0. The second-order valence-electron chi connectivity index (χ2n) is 3.09. The van der Waals surface area contributed by atoms with Crippen molar-refractivity contribution in [2.75, 3.05) is 5.32 Å². The summed E-state index contributed by atoms with van der Waals surface area (Å²) in [5, 5.41) is 8.50. The molecular formula is C9H14N2OS. The van der Waals surface area contributed by atoms with E-state index >= 15 is 0 Å². The molecular weight excluding hydrogens is 184 g/mol. The molecule has 1 rings (SSSR count). The van der Waals surface area contributed by atoms with Crippen molar-refractivity contribution in [1.29, 1.82) is 0 Å². The van der Waals surface area contributed by atoms with Crippen molar-refractivity contribution in [2.45, 2.75) is 24.8 Å². The zero-order valence-electron chi connectivity index (χ0n) is 7.78. The molecule has 72 valence electrons. The Bertz CT molecular complexity index is 312.